The molecule has 110 valence electrons. The lowest BCUT2D eigenvalue weighted by atomic mass is 10.1. The number of rotatable bonds is 4. The fraction of sp³-hybridized carbons (Fsp3) is 0.846. The van der Waals surface area contributed by atoms with Crippen molar-refractivity contribution in [1.29, 1.82) is 0 Å². The molecule has 2 amide bonds. The quantitative estimate of drug-likeness (QED) is 0.816. The van der Waals surface area contributed by atoms with Gasteiger partial charge in [-0.15, -0.1) is 0 Å². The summed E-state index contributed by atoms with van der Waals surface area (Å²) in [4.78, 5) is 26.6. The average Bonchev–Trinajstić information content (AvgIpc) is 2.22. The summed E-state index contributed by atoms with van der Waals surface area (Å²) in [6.07, 6.45) is -0.289. The number of likely N-dealkylation sites (tertiary alicyclic amines) is 1. The first-order chi connectivity index (χ1) is 8.73. The third-order valence-corrected chi connectivity index (χ3v) is 2.98. The maximum Gasteiger partial charge on any atom is 0.410 e. The normalized spacial score (nSPS) is 15.9. The molecule has 1 aliphatic rings. The molecule has 1 rings (SSSR count). The highest BCUT2D eigenvalue weighted by atomic mass is 16.6. The Kier molecular flexibility index (Phi) is 5.17. The number of hydrogen-bond donors (Lipinski definition) is 1. The van der Waals surface area contributed by atoms with E-state index >= 15 is 0 Å². The van der Waals surface area contributed by atoms with Crippen LogP contribution in [0.25, 0.3) is 0 Å². The molecule has 0 aromatic rings. The van der Waals surface area contributed by atoms with Gasteiger partial charge in [-0.1, -0.05) is 0 Å². The molecule has 0 atom stereocenters. The van der Waals surface area contributed by atoms with Crippen molar-refractivity contribution in [3.05, 3.63) is 0 Å². The SMILES string of the molecule is CCN(C)C(=O)CNC1CN(C(=O)OC(C)(C)C)C1. The number of carbonyl (C=O) groups excluding carboxylic acids is 2. The first kappa shape index (κ1) is 15.8. The van der Waals surface area contributed by atoms with Crippen molar-refractivity contribution >= 4 is 12.0 Å². The molecule has 1 heterocycles. The number of amides is 2. The van der Waals surface area contributed by atoms with Gasteiger partial charge in [-0.25, -0.2) is 4.79 Å². The van der Waals surface area contributed by atoms with Gasteiger partial charge in [0.25, 0.3) is 0 Å². The van der Waals surface area contributed by atoms with Crippen LogP contribution in [0.3, 0.4) is 0 Å². The molecular formula is C13H25N3O3. The zero-order valence-electron chi connectivity index (χ0n) is 12.5. The Bertz CT molecular complexity index is 333. The summed E-state index contributed by atoms with van der Waals surface area (Å²) in [7, 11) is 1.78. The van der Waals surface area contributed by atoms with Crippen molar-refractivity contribution < 1.29 is 14.3 Å². The van der Waals surface area contributed by atoms with Crippen LogP contribution in [0.2, 0.25) is 0 Å². The van der Waals surface area contributed by atoms with Crippen LogP contribution >= 0.6 is 0 Å². The Labute approximate surface area is 115 Å². The van der Waals surface area contributed by atoms with Gasteiger partial charge >= 0.3 is 6.09 Å². The molecule has 1 fully saturated rings. The number of carbonyl (C=O) groups is 2. The first-order valence-corrected chi connectivity index (χ1v) is 6.68. The summed E-state index contributed by atoms with van der Waals surface area (Å²) in [6, 6.07) is 0.182. The maximum absolute atomic E-state index is 11.7. The Morgan fingerprint density at radius 1 is 1.37 bits per heavy atom. The second-order valence-electron chi connectivity index (χ2n) is 5.87. The van der Waals surface area contributed by atoms with E-state index < -0.39 is 5.60 Å². The number of nitrogens with zero attached hydrogens (tertiary/aromatic N) is 2. The molecule has 1 N–H and O–H groups in total. The van der Waals surface area contributed by atoms with Gasteiger partial charge in [0.2, 0.25) is 5.91 Å². The van der Waals surface area contributed by atoms with Crippen molar-refractivity contribution in [1.82, 2.24) is 15.1 Å². The zero-order valence-corrected chi connectivity index (χ0v) is 12.5. The Morgan fingerprint density at radius 2 is 1.95 bits per heavy atom. The second kappa shape index (κ2) is 6.23. The highest BCUT2D eigenvalue weighted by Crippen LogP contribution is 2.14. The van der Waals surface area contributed by atoms with E-state index in [-0.39, 0.29) is 18.0 Å². The molecule has 1 aliphatic heterocycles. The lowest BCUT2D eigenvalue weighted by molar-refractivity contribution is -0.129. The molecule has 0 aliphatic carbocycles. The fourth-order valence-electron chi connectivity index (χ4n) is 1.63. The molecule has 19 heavy (non-hydrogen) atoms. The molecular weight excluding hydrogens is 246 g/mol. The van der Waals surface area contributed by atoms with Crippen LogP contribution in [0.4, 0.5) is 4.79 Å². The predicted molar refractivity (Wildman–Crippen MR) is 72.9 cm³/mol. The van der Waals surface area contributed by atoms with Gasteiger partial charge in [0.1, 0.15) is 5.60 Å². The van der Waals surface area contributed by atoms with E-state index in [4.69, 9.17) is 4.74 Å². The summed E-state index contributed by atoms with van der Waals surface area (Å²) in [5.41, 5.74) is -0.463. The standard InChI is InChI=1S/C13H25N3O3/c1-6-15(5)11(17)7-14-10-8-16(9-10)12(18)19-13(2,3)4/h10,14H,6-9H2,1-5H3. The van der Waals surface area contributed by atoms with Crippen LogP contribution in [0.5, 0.6) is 0 Å². The number of ether oxygens (including phenoxy) is 1. The largest absolute Gasteiger partial charge is 0.444 e. The van der Waals surface area contributed by atoms with Gasteiger partial charge in [0, 0.05) is 32.7 Å². The van der Waals surface area contributed by atoms with Gasteiger partial charge < -0.3 is 19.9 Å². The van der Waals surface area contributed by atoms with Gasteiger partial charge in [-0.05, 0) is 27.7 Å². The van der Waals surface area contributed by atoms with E-state index in [2.05, 4.69) is 5.32 Å². The summed E-state index contributed by atoms with van der Waals surface area (Å²) >= 11 is 0. The van der Waals surface area contributed by atoms with E-state index in [1.54, 1.807) is 16.8 Å². The highest BCUT2D eigenvalue weighted by molar-refractivity contribution is 5.78. The Hall–Kier alpha value is -1.30. The lowest BCUT2D eigenvalue weighted by Gasteiger charge is -2.40. The predicted octanol–water partition coefficient (Wildman–Crippen LogP) is 0.674. The van der Waals surface area contributed by atoms with E-state index in [0.29, 0.717) is 26.2 Å². The molecule has 0 aromatic carbocycles. The molecule has 0 saturated carbocycles. The maximum atomic E-state index is 11.7. The number of nitrogens with one attached hydrogen (secondary N) is 1. The molecule has 0 spiro atoms. The fourth-order valence-corrected chi connectivity index (χ4v) is 1.63. The molecule has 0 unspecified atom stereocenters. The summed E-state index contributed by atoms with van der Waals surface area (Å²) in [6.45, 7) is 9.69. The van der Waals surface area contributed by atoms with E-state index in [1.807, 2.05) is 27.7 Å². The third-order valence-electron chi connectivity index (χ3n) is 2.98. The van der Waals surface area contributed by atoms with Crippen molar-refractivity contribution in [2.24, 2.45) is 0 Å². The van der Waals surface area contributed by atoms with Crippen LogP contribution in [-0.2, 0) is 9.53 Å². The Balaban J connectivity index is 2.20. The van der Waals surface area contributed by atoms with E-state index in [1.165, 1.54) is 0 Å². The minimum Gasteiger partial charge on any atom is -0.444 e. The minimum absolute atomic E-state index is 0.0678. The summed E-state index contributed by atoms with van der Waals surface area (Å²) in [5, 5.41) is 3.14. The van der Waals surface area contributed by atoms with Crippen LogP contribution < -0.4 is 5.32 Å². The Morgan fingerprint density at radius 3 is 2.42 bits per heavy atom. The average molecular weight is 271 g/mol. The van der Waals surface area contributed by atoms with Crippen LogP contribution in [-0.4, -0.2) is 66.7 Å². The lowest BCUT2D eigenvalue weighted by Crippen LogP contribution is -2.61. The minimum atomic E-state index is -0.463. The van der Waals surface area contributed by atoms with Crippen molar-refractivity contribution in [3.63, 3.8) is 0 Å². The highest BCUT2D eigenvalue weighted by Gasteiger charge is 2.33. The van der Waals surface area contributed by atoms with E-state index in [9.17, 15) is 9.59 Å². The molecule has 1 saturated heterocycles. The van der Waals surface area contributed by atoms with E-state index in [0.717, 1.165) is 0 Å². The molecule has 6 heteroatoms. The zero-order chi connectivity index (χ0) is 14.6. The monoisotopic (exact) mass is 271 g/mol. The van der Waals surface area contributed by atoms with Crippen molar-refractivity contribution in [2.75, 3.05) is 33.2 Å². The smallest absolute Gasteiger partial charge is 0.410 e. The molecule has 6 nitrogen and oxygen atoms in total. The van der Waals surface area contributed by atoms with Crippen LogP contribution in [0.15, 0.2) is 0 Å². The molecule has 0 aromatic heterocycles. The second-order valence-corrected chi connectivity index (χ2v) is 5.87. The first-order valence-electron chi connectivity index (χ1n) is 6.68. The van der Waals surface area contributed by atoms with Crippen molar-refractivity contribution in [2.45, 2.75) is 39.3 Å². The topological polar surface area (TPSA) is 61.9 Å². The number of hydrogen-bond acceptors (Lipinski definition) is 4. The van der Waals surface area contributed by atoms with Crippen LogP contribution in [0, 0.1) is 0 Å². The van der Waals surface area contributed by atoms with Gasteiger partial charge in [0.05, 0.1) is 6.54 Å². The number of likely N-dealkylation sites (N-methyl/N-ethyl adjacent to an activating group) is 1. The van der Waals surface area contributed by atoms with Gasteiger partial charge in [0.15, 0.2) is 0 Å². The van der Waals surface area contributed by atoms with Crippen molar-refractivity contribution in [3.8, 4) is 0 Å². The summed E-state index contributed by atoms with van der Waals surface area (Å²) < 4.78 is 5.26. The molecule has 0 bridgehead atoms. The van der Waals surface area contributed by atoms with Gasteiger partial charge in [-0.2, -0.15) is 0 Å². The van der Waals surface area contributed by atoms with Gasteiger partial charge in [-0.3, -0.25) is 4.79 Å². The molecule has 0 radical (unpaired) electrons. The third kappa shape index (κ3) is 5.06. The van der Waals surface area contributed by atoms with Crippen LogP contribution in [0.1, 0.15) is 27.7 Å². The summed E-state index contributed by atoms with van der Waals surface area (Å²) in [5.74, 6) is 0.0678.